The molecule has 2 unspecified atom stereocenters. The fraction of sp³-hybridized carbons (Fsp3) is 0.500. The minimum atomic E-state index is -2.75. The van der Waals surface area contributed by atoms with E-state index in [0.29, 0.717) is 19.4 Å². The number of hydrogen-bond acceptors (Lipinski definition) is 4. The predicted molar refractivity (Wildman–Crippen MR) is 127 cm³/mol. The first kappa shape index (κ1) is 23.7. The number of carbonyl (C=O) groups excluding carboxylic acids is 1. The number of aliphatic hydroxyl groups excluding tert-OH is 1. The SMILES string of the molecule is CCOC(=O)[C@@H]1CC(O[Si](c2ccccc2)(c2ccccc2)C(C)(C)C)C(C)[C@@H](O)C1. The highest BCUT2D eigenvalue weighted by atomic mass is 28.4. The summed E-state index contributed by atoms with van der Waals surface area (Å²) in [7, 11) is -2.75. The zero-order valence-corrected chi connectivity index (χ0v) is 20.4. The smallest absolute Gasteiger partial charge is 0.309 e. The fourth-order valence-corrected chi connectivity index (χ4v) is 9.65. The maximum absolute atomic E-state index is 12.5. The minimum absolute atomic E-state index is 0.0627. The summed E-state index contributed by atoms with van der Waals surface area (Å²) in [6.07, 6.45) is 0.179. The number of rotatable bonds is 6. The van der Waals surface area contributed by atoms with E-state index in [1.54, 1.807) is 0 Å². The maximum Gasteiger partial charge on any atom is 0.309 e. The van der Waals surface area contributed by atoms with E-state index in [9.17, 15) is 9.90 Å². The first-order chi connectivity index (χ1) is 14.7. The number of carbonyl (C=O) groups is 1. The van der Waals surface area contributed by atoms with Crippen molar-refractivity contribution >= 4 is 24.7 Å². The molecule has 168 valence electrons. The summed E-state index contributed by atoms with van der Waals surface area (Å²) in [5.74, 6) is -0.633. The predicted octanol–water partition coefficient (Wildman–Crippen LogP) is 3.90. The van der Waals surface area contributed by atoms with E-state index in [4.69, 9.17) is 9.16 Å². The molecule has 1 N–H and O–H groups in total. The second-order valence-corrected chi connectivity index (χ2v) is 13.9. The molecule has 1 aliphatic carbocycles. The van der Waals surface area contributed by atoms with E-state index in [1.165, 1.54) is 10.4 Å². The highest BCUT2D eigenvalue weighted by molar-refractivity contribution is 6.99. The largest absolute Gasteiger partial charge is 0.466 e. The highest BCUT2D eigenvalue weighted by Gasteiger charge is 2.53. The molecule has 1 aliphatic rings. The summed E-state index contributed by atoms with van der Waals surface area (Å²) in [6, 6.07) is 21.0. The van der Waals surface area contributed by atoms with Crippen molar-refractivity contribution in [2.45, 2.75) is 64.7 Å². The zero-order valence-electron chi connectivity index (χ0n) is 19.4. The Hall–Kier alpha value is -1.95. The van der Waals surface area contributed by atoms with Crippen molar-refractivity contribution < 1.29 is 19.1 Å². The highest BCUT2D eigenvalue weighted by Crippen LogP contribution is 2.41. The lowest BCUT2D eigenvalue weighted by atomic mass is 9.79. The Balaban J connectivity index is 2.09. The molecule has 1 fully saturated rings. The summed E-state index contributed by atoms with van der Waals surface area (Å²) >= 11 is 0. The molecule has 0 aliphatic heterocycles. The Morgan fingerprint density at radius 1 is 1.00 bits per heavy atom. The third-order valence-corrected chi connectivity index (χ3v) is 11.7. The minimum Gasteiger partial charge on any atom is -0.466 e. The van der Waals surface area contributed by atoms with Crippen LogP contribution in [0.2, 0.25) is 5.04 Å². The molecule has 3 rings (SSSR count). The molecule has 0 amide bonds. The lowest BCUT2D eigenvalue weighted by Gasteiger charge is -2.48. The lowest BCUT2D eigenvalue weighted by Crippen LogP contribution is -2.68. The van der Waals surface area contributed by atoms with Crippen LogP contribution in [0.4, 0.5) is 0 Å². The van der Waals surface area contributed by atoms with Crippen LogP contribution >= 0.6 is 0 Å². The van der Waals surface area contributed by atoms with Crippen LogP contribution in [0.25, 0.3) is 0 Å². The molecule has 0 heterocycles. The van der Waals surface area contributed by atoms with Crippen LogP contribution in [0.1, 0.15) is 47.5 Å². The Morgan fingerprint density at radius 2 is 1.52 bits per heavy atom. The van der Waals surface area contributed by atoms with Gasteiger partial charge in [0.1, 0.15) is 0 Å². The second-order valence-electron chi connectivity index (χ2n) is 9.67. The molecule has 2 aromatic carbocycles. The third kappa shape index (κ3) is 4.79. The maximum atomic E-state index is 12.5. The molecule has 0 spiro atoms. The molecular formula is C26H36O4Si. The van der Waals surface area contributed by atoms with Crippen molar-refractivity contribution in [1.82, 2.24) is 0 Å². The van der Waals surface area contributed by atoms with Crippen LogP contribution in [-0.2, 0) is 14.0 Å². The number of aliphatic hydroxyl groups is 1. The van der Waals surface area contributed by atoms with Gasteiger partial charge in [-0.2, -0.15) is 0 Å². The van der Waals surface area contributed by atoms with Crippen LogP contribution < -0.4 is 10.4 Å². The van der Waals surface area contributed by atoms with Crippen molar-refractivity contribution in [3.63, 3.8) is 0 Å². The van der Waals surface area contributed by atoms with Gasteiger partial charge in [0.05, 0.1) is 24.7 Å². The summed E-state index contributed by atoms with van der Waals surface area (Å²) in [4.78, 5) is 12.5. The molecular weight excluding hydrogens is 404 g/mol. The molecule has 0 radical (unpaired) electrons. The Morgan fingerprint density at radius 3 is 1.97 bits per heavy atom. The van der Waals surface area contributed by atoms with E-state index in [2.05, 4.69) is 69.3 Å². The van der Waals surface area contributed by atoms with Gasteiger partial charge in [0.15, 0.2) is 0 Å². The number of esters is 1. The molecule has 4 atom stereocenters. The van der Waals surface area contributed by atoms with Crippen molar-refractivity contribution in [2.75, 3.05) is 6.61 Å². The van der Waals surface area contributed by atoms with E-state index >= 15 is 0 Å². The number of benzene rings is 2. The van der Waals surface area contributed by atoms with Gasteiger partial charge in [-0.15, -0.1) is 0 Å². The van der Waals surface area contributed by atoms with E-state index in [0.717, 1.165) is 0 Å². The Kier molecular flexibility index (Phi) is 7.40. The Bertz CT molecular complexity index is 807. The number of ether oxygens (including phenoxy) is 1. The van der Waals surface area contributed by atoms with Gasteiger partial charge in [-0.1, -0.05) is 88.4 Å². The lowest BCUT2D eigenvalue weighted by molar-refractivity contribution is -0.154. The van der Waals surface area contributed by atoms with Crippen molar-refractivity contribution in [2.24, 2.45) is 11.8 Å². The third-order valence-electron chi connectivity index (χ3n) is 6.60. The van der Waals surface area contributed by atoms with Gasteiger partial charge in [-0.05, 0) is 35.2 Å². The van der Waals surface area contributed by atoms with E-state index in [-0.39, 0.29) is 28.9 Å². The standard InChI is InChI=1S/C26H36O4Si/c1-6-29-25(28)20-17-23(27)19(2)24(18-20)30-31(26(3,4)5,21-13-9-7-10-14-21)22-15-11-8-12-16-22/h7-16,19-20,23-24,27H,6,17-18H2,1-5H3/t19?,20-,23-,24?/m0/s1. The second kappa shape index (κ2) is 9.68. The summed E-state index contributed by atoms with van der Waals surface area (Å²) < 4.78 is 12.5. The van der Waals surface area contributed by atoms with E-state index in [1.807, 2.05) is 26.0 Å². The summed E-state index contributed by atoms with van der Waals surface area (Å²) in [6.45, 7) is 10.9. The molecule has 31 heavy (non-hydrogen) atoms. The molecule has 0 saturated heterocycles. The van der Waals surface area contributed by atoms with Gasteiger partial charge < -0.3 is 14.3 Å². The average Bonchev–Trinajstić information content (AvgIpc) is 2.75. The molecule has 0 bridgehead atoms. The first-order valence-electron chi connectivity index (χ1n) is 11.3. The molecule has 2 aromatic rings. The van der Waals surface area contributed by atoms with Crippen LogP contribution in [0.5, 0.6) is 0 Å². The van der Waals surface area contributed by atoms with Gasteiger partial charge in [0, 0.05) is 5.92 Å². The van der Waals surface area contributed by atoms with Crippen molar-refractivity contribution in [1.29, 1.82) is 0 Å². The number of hydrogen-bond donors (Lipinski definition) is 1. The van der Waals surface area contributed by atoms with Crippen LogP contribution in [0, 0.1) is 11.8 Å². The quantitative estimate of drug-likeness (QED) is 0.547. The topological polar surface area (TPSA) is 55.8 Å². The average molecular weight is 441 g/mol. The van der Waals surface area contributed by atoms with Crippen LogP contribution in [0.15, 0.2) is 60.7 Å². The molecule has 4 nitrogen and oxygen atoms in total. The van der Waals surface area contributed by atoms with Gasteiger partial charge in [-0.25, -0.2) is 0 Å². The first-order valence-corrected chi connectivity index (χ1v) is 13.2. The van der Waals surface area contributed by atoms with Crippen LogP contribution in [0.3, 0.4) is 0 Å². The molecule has 5 heteroatoms. The zero-order chi connectivity index (χ0) is 22.6. The van der Waals surface area contributed by atoms with Gasteiger partial charge in [0.25, 0.3) is 8.32 Å². The van der Waals surface area contributed by atoms with Gasteiger partial charge in [-0.3, -0.25) is 4.79 Å². The van der Waals surface area contributed by atoms with Gasteiger partial charge in [0.2, 0.25) is 0 Å². The summed E-state index contributed by atoms with van der Waals surface area (Å²) in [5.41, 5.74) is 0. The van der Waals surface area contributed by atoms with Gasteiger partial charge >= 0.3 is 5.97 Å². The summed E-state index contributed by atoms with van der Waals surface area (Å²) in [5, 5.41) is 13.1. The monoisotopic (exact) mass is 440 g/mol. The Labute approximate surface area is 187 Å². The fourth-order valence-electron chi connectivity index (χ4n) is 4.87. The van der Waals surface area contributed by atoms with Crippen molar-refractivity contribution in [3.8, 4) is 0 Å². The molecule has 0 aromatic heterocycles. The van der Waals surface area contributed by atoms with Crippen molar-refractivity contribution in [3.05, 3.63) is 60.7 Å². The molecule has 1 saturated carbocycles. The normalized spacial score (nSPS) is 24.6. The van der Waals surface area contributed by atoms with Crippen LogP contribution in [-0.4, -0.2) is 38.2 Å². The van der Waals surface area contributed by atoms with E-state index < -0.39 is 14.4 Å².